The van der Waals surface area contributed by atoms with Gasteiger partial charge in [0.2, 0.25) is 5.91 Å². The van der Waals surface area contributed by atoms with Crippen LogP contribution >= 0.6 is 22.6 Å². The van der Waals surface area contributed by atoms with Crippen LogP contribution < -0.4 is 5.32 Å². The van der Waals surface area contributed by atoms with E-state index in [1.165, 1.54) is 13.5 Å². The molecule has 1 fully saturated rings. The molecule has 0 aliphatic heterocycles. The molecule has 1 aliphatic carbocycles. The summed E-state index contributed by atoms with van der Waals surface area (Å²) in [4.78, 5) is 24.4. The molecule has 5 heteroatoms. The van der Waals surface area contributed by atoms with Crippen LogP contribution in [0.15, 0.2) is 24.3 Å². The molecule has 0 heterocycles. The number of ether oxygens (including phenoxy) is 1. The Morgan fingerprint density at radius 1 is 1.27 bits per heavy atom. The van der Waals surface area contributed by atoms with Gasteiger partial charge in [-0.05, 0) is 47.1 Å². The SMILES string of the molecule is COC(=O)[C@H](Cc1ccccc1I)NC(=O)C1CCCCC1. The molecule has 0 spiro atoms. The third-order valence-electron chi connectivity index (χ3n) is 4.16. The molecule has 1 saturated carbocycles. The minimum absolute atomic E-state index is 0.0129. The van der Waals surface area contributed by atoms with Crippen molar-refractivity contribution in [3.05, 3.63) is 33.4 Å². The Labute approximate surface area is 145 Å². The van der Waals surface area contributed by atoms with Crippen molar-refractivity contribution in [2.45, 2.75) is 44.6 Å². The Morgan fingerprint density at radius 2 is 1.95 bits per heavy atom. The summed E-state index contributed by atoms with van der Waals surface area (Å²) in [7, 11) is 1.36. The monoisotopic (exact) mass is 415 g/mol. The minimum atomic E-state index is -0.615. The van der Waals surface area contributed by atoms with E-state index >= 15 is 0 Å². The van der Waals surface area contributed by atoms with Crippen LogP contribution in [-0.2, 0) is 20.7 Å². The molecule has 0 bridgehead atoms. The van der Waals surface area contributed by atoms with E-state index in [9.17, 15) is 9.59 Å². The number of esters is 1. The third-order valence-corrected chi connectivity index (χ3v) is 5.21. The molecule has 0 saturated heterocycles. The first-order chi connectivity index (χ1) is 10.6. The van der Waals surface area contributed by atoms with Crippen LogP contribution in [0.1, 0.15) is 37.7 Å². The predicted molar refractivity (Wildman–Crippen MR) is 93.4 cm³/mol. The maximum atomic E-state index is 12.4. The summed E-state index contributed by atoms with van der Waals surface area (Å²) in [5.41, 5.74) is 1.04. The molecular formula is C17H22INO3. The van der Waals surface area contributed by atoms with Crippen molar-refractivity contribution in [2.75, 3.05) is 7.11 Å². The topological polar surface area (TPSA) is 55.4 Å². The molecule has 1 amide bonds. The smallest absolute Gasteiger partial charge is 0.328 e. The van der Waals surface area contributed by atoms with Gasteiger partial charge in [0.05, 0.1) is 7.11 Å². The molecule has 0 unspecified atom stereocenters. The summed E-state index contributed by atoms with van der Waals surface area (Å²) in [6, 6.07) is 7.25. The largest absolute Gasteiger partial charge is 0.467 e. The van der Waals surface area contributed by atoms with E-state index in [0.29, 0.717) is 6.42 Å². The quantitative estimate of drug-likeness (QED) is 0.594. The average molecular weight is 415 g/mol. The third kappa shape index (κ3) is 4.69. The number of methoxy groups -OCH3 is 1. The van der Waals surface area contributed by atoms with E-state index in [1.54, 1.807) is 0 Å². The Hall–Kier alpha value is -1.11. The van der Waals surface area contributed by atoms with Crippen molar-refractivity contribution in [2.24, 2.45) is 5.92 Å². The molecule has 1 aromatic carbocycles. The Balaban J connectivity index is 2.04. The van der Waals surface area contributed by atoms with Gasteiger partial charge in [0.1, 0.15) is 6.04 Å². The number of hydrogen-bond donors (Lipinski definition) is 1. The standard InChI is InChI=1S/C17H22INO3/c1-22-17(21)15(11-13-9-5-6-10-14(13)18)19-16(20)12-7-3-2-4-8-12/h5-6,9-10,12,15H,2-4,7-8,11H2,1H3,(H,19,20)/t15-/m0/s1. The fourth-order valence-electron chi connectivity index (χ4n) is 2.87. The zero-order valence-electron chi connectivity index (χ0n) is 12.8. The van der Waals surface area contributed by atoms with Crippen LogP contribution in [0.2, 0.25) is 0 Å². The van der Waals surface area contributed by atoms with E-state index in [-0.39, 0.29) is 17.8 Å². The number of carbonyl (C=O) groups is 2. The molecule has 1 aromatic rings. The second kappa shape index (κ2) is 8.50. The van der Waals surface area contributed by atoms with Crippen LogP contribution in [0.4, 0.5) is 0 Å². The fourth-order valence-corrected chi connectivity index (χ4v) is 3.48. The van der Waals surface area contributed by atoms with E-state index in [2.05, 4.69) is 27.9 Å². The summed E-state index contributed by atoms with van der Waals surface area (Å²) >= 11 is 2.24. The lowest BCUT2D eigenvalue weighted by atomic mass is 9.88. The molecule has 1 atom stereocenters. The number of amides is 1. The zero-order chi connectivity index (χ0) is 15.9. The van der Waals surface area contributed by atoms with Gasteiger partial charge in [-0.3, -0.25) is 4.79 Å². The highest BCUT2D eigenvalue weighted by Crippen LogP contribution is 2.24. The van der Waals surface area contributed by atoms with Crippen molar-refractivity contribution in [3.8, 4) is 0 Å². The summed E-state index contributed by atoms with van der Waals surface area (Å²) in [5.74, 6) is -0.361. The van der Waals surface area contributed by atoms with Crippen molar-refractivity contribution < 1.29 is 14.3 Å². The minimum Gasteiger partial charge on any atom is -0.467 e. The molecule has 2 rings (SSSR count). The van der Waals surface area contributed by atoms with Gasteiger partial charge in [0, 0.05) is 15.9 Å². The highest BCUT2D eigenvalue weighted by atomic mass is 127. The van der Waals surface area contributed by atoms with E-state index in [4.69, 9.17) is 4.74 Å². The Bertz CT molecular complexity index is 526. The highest BCUT2D eigenvalue weighted by Gasteiger charge is 2.27. The van der Waals surface area contributed by atoms with Gasteiger partial charge >= 0.3 is 5.97 Å². The summed E-state index contributed by atoms with van der Waals surface area (Å²) in [6.07, 6.45) is 5.69. The van der Waals surface area contributed by atoms with E-state index in [0.717, 1.165) is 34.8 Å². The van der Waals surface area contributed by atoms with Crippen molar-refractivity contribution in [1.82, 2.24) is 5.32 Å². The fraction of sp³-hybridized carbons (Fsp3) is 0.529. The number of nitrogens with one attached hydrogen (secondary N) is 1. The molecular weight excluding hydrogens is 393 g/mol. The summed E-state index contributed by atoms with van der Waals surface area (Å²) < 4.78 is 5.94. The second-order valence-electron chi connectivity index (χ2n) is 5.71. The molecule has 120 valence electrons. The number of halogens is 1. The molecule has 0 aromatic heterocycles. The van der Waals surface area contributed by atoms with E-state index < -0.39 is 6.04 Å². The van der Waals surface area contributed by atoms with Crippen LogP contribution in [0.3, 0.4) is 0 Å². The zero-order valence-corrected chi connectivity index (χ0v) is 15.0. The summed E-state index contributed by atoms with van der Waals surface area (Å²) in [5, 5.41) is 2.90. The van der Waals surface area contributed by atoms with Gasteiger partial charge in [-0.15, -0.1) is 0 Å². The van der Waals surface area contributed by atoms with Gasteiger partial charge in [-0.25, -0.2) is 4.79 Å². The Morgan fingerprint density at radius 3 is 2.59 bits per heavy atom. The van der Waals surface area contributed by atoms with Crippen LogP contribution in [-0.4, -0.2) is 25.0 Å². The van der Waals surface area contributed by atoms with Gasteiger partial charge in [-0.1, -0.05) is 37.5 Å². The summed E-state index contributed by atoms with van der Waals surface area (Å²) in [6.45, 7) is 0. The molecule has 1 N–H and O–H groups in total. The van der Waals surface area contributed by atoms with Crippen LogP contribution in [0, 0.1) is 9.49 Å². The van der Waals surface area contributed by atoms with Crippen molar-refractivity contribution in [1.29, 1.82) is 0 Å². The normalized spacial score (nSPS) is 16.8. The maximum Gasteiger partial charge on any atom is 0.328 e. The van der Waals surface area contributed by atoms with Crippen LogP contribution in [0.5, 0.6) is 0 Å². The van der Waals surface area contributed by atoms with Gasteiger partial charge < -0.3 is 10.1 Å². The number of carbonyl (C=O) groups excluding carboxylic acids is 2. The number of hydrogen-bond acceptors (Lipinski definition) is 3. The lowest BCUT2D eigenvalue weighted by Crippen LogP contribution is -2.46. The van der Waals surface area contributed by atoms with Gasteiger partial charge in [0.15, 0.2) is 0 Å². The highest BCUT2D eigenvalue weighted by molar-refractivity contribution is 14.1. The molecule has 0 radical (unpaired) electrons. The van der Waals surface area contributed by atoms with Gasteiger partial charge in [0.25, 0.3) is 0 Å². The molecule has 1 aliphatic rings. The van der Waals surface area contributed by atoms with Crippen molar-refractivity contribution in [3.63, 3.8) is 0 Å². The van der Waals surface area contributed by atoms with Gasteiger partial charge in [-0.2, -0.15) is 0 Å². The second-order valence-corrected chi connectivity index (χ2v) is 6.88. The average Bonchev–Trinajstić information content (AvgIpc) is 2.56. The number of rotatable bonds is 5. The van der Waals surface area contributed by atoms with Crippen molar-refractivity contribution >= 4 is 34.5 Å². The molecule has 22 heavy (non-hydrogen) atoms. The number of benzene rings is 1. The first-order valence-corrected chi connectivity index (χ1v) is 8.81. The lowest BCUT2D eigenvalue weighted by molar-refractivity contribution is -0.145. The maximum absolute atomic E-state index is 12.4. The first-order valence-electron chi connectivity index (χ1n) is 7.73. The lowest BCUT2D eigenvalue weighted by Gasteiger charge is -2.24. The first kappa shape index (κ1) is 17.2. The van der Waals surface area contributed by atoms with Crippen LogP contribution in [0.25, 0.3) is 0 Å². The Kier molecular flexibility index (Phi) is 6.67. The van der Waals surface area contributed by atoms with E-state index in [1.807, 2.05) is 24.3 Å². The predicted octanol–water partition coefficient (Wildman–Crippen LogP) is 3.07. The molecule has 4 nitrogen and oxygen atoms in total.